The van der Waals surface area contributed by atoms with Crippen molar-refractivity contribution in [1.29, 1.82) is 0 Å². The molecule has 0 aliphatic rings. The Hall–Kier alpha value is -2.37. The highest BCUT2D eigenvalue weighted by Gasteiger charge is 2.07. The van der Waals surface area contributed by atoms with Gasteiger partial charge in [-0.05, 0) is 18.6 Å². The van der Waals surface area contributed by atoms with Gasteiger partial charge in [0.2, 0.25) is 5.95 Å². The number of para-hydroxylation sites is 1. The summed E-state index contributed by atoms with van der Waals surface area (Å²) in [4.78, 5) is 29.6. The molecular formula is C12H13N3O3. The fraction of sp³-hybridized carbons (Fsp3) is 0.250. The number of benzene rings is 1. The first-order valence-corrected chi connectivity index (χ1v) is 5.63. The summed E-state index contributed by atoms with van der Waals surface area (Å²) in [5.74, 6) is 0.0832. The van der Waals surface area contributed by atoms with E-state index >= 15 is 0 Å². The van der Waals surface area contributed by atoms with E-state index in [-0.39, 0.29) is 11.5 Å². The van der Waals surface area contributed by atoms with Gasteiger partial charge < -0.3 is 4.74 Å². The number of carbonyl (C=O) groups excluding carboxylic acids is 1. The third-order valence-corrected chi connectivity index (χ3v) is 2.27. The summed E-state index contributed by atoms with van der Waals surface area (Å²) in [6.45, 7) is 2.22. The number of H-pyrrole nitrogens is 1. The zero-order valence-electron chi connectivity index (χ0n) is 9.90. The molecule has 0 fully saturated rings. The lowest BCUT2D eigenvalue weighted by Gasteiger charge is -2.05. The van der Waals surface area contributed by atoms with Crippen molar-refractivity contribution in [3.8, 4) is 0 Å². The Bertz CT molecular complexity index is 621. The van der Waals surface area contributed by atoms with Crippen LogP contribution in [0.1, 0.15) is 13.3 Å². The van der Waals surface area contributed by atoms with Crippen LogP contribution >= 0.6 is 0 Å². The van der Waals surface area contributed by atoms with Gasteiger partial charge in [-0.25, -0.2) is 9.78 Å². The zero-order valence-corrected chi connectivity index (χ0v) is 9.90. The molecule has 0 radical (unpaired) electrons. The van der Waals surface area contributed by atoms with E-state index in [1.54, 1.807) is 24.3 Å². The number of nitrogens with one attached hydrogen (secondary N) is 2. The summed E-state index contributed by atoms with van der Waals surface area (Å²) < 4.78 is 4.83. The molecule has 2 N–H and O–H groups in total. The van der Waals surface area contributed by atoms with Crippen LogP contribution < -0.4 is 10.9 Å². The zero-order chi connectivity index (χ0) is 13.0. The van der Waals surface area contributed by atoms with E-state index in [9.17, 15) is 9.59 Å². The maximum absolute atomic E-state index is 11.7. The summed E-state index contributed by atoms with van der Waals surface area (Å²) >= 11 is 0. The lowest BCUT2D eigenvalue weighted by Crippen LogP contribution is -2.19. The topological polar surface area (TPSA) is 84.1 Å². The number of hydrogen-bond acceptors (Lipinski definition) is 4. The number of nitrogens with zero attached hydrogens (tertiary/aromatic N) is 1. The lowest BCUT2D eigenvalue weighted by molar-refractivity contribution is 0.161. The van der Waals surface area contributed by atoms with Gasteiger partial charge in [0.25, 0.3) is 5.56 Å². The molecule has 1 heterocycles. The van der Waals surface area contributed by atoms with E-state index in [0.717, 1.165) is 6.42 Å². The van der Waals surface area contributed by atoms with Crippen LogP contribution in [0.4, 0.5) is 10.7 Å². The van der Waals surface area contributed by atoms with E-state index in [1.807, 2.05) is 6.92 Å². The van der Waals surface area contributed by atoms with Crippen LogP contribution in [-0.4, -0.2) is 22.7 Å². The molecular weight excluding hydrogens is 234 g/mol. The molecule has 0 bridgehead atoms. The van der Waals surface area contributed by atoms with E-state index in [2.05, 4.69) is 15.3 Å². The largest absolute Gasteiger partial charge is 0.449 e. The molecule has 6 heteroatoms. The van der Waals surface area contributed by atoms with Crippen molar-refractivity contribution in [3.63, 3.8) is 0 Å². The van der Waals surface area contributed by atoms with Crippen molar-refractivity contribution in [2.75, 3.05) is 11.9 Å². The van der Waals surface area contributed by atoms with Gasteiger partial charge in [0, 0.05) is 0 Å². The van der Waals surface area contributed by atoms with Crippen molar-refractivity contribution >= 4 is 22.9 Å². The van der Waals surface area contributed by atoms with Gasteiger partial charge in [-0.1, -0.05) is 19.1 Å². The number of aromatic nitrogens is 2. The number of hydrogen-bond donors (Lipinski definition) is 2. The van der Waals surface area contributed by atoms with E-state index in [0.29, 0.717) is 17.5 Å². The minimum atomic E-state index is -0.629. The fourth-order valence-electron chi connectivity index (χ4n) is 1.47. The summed E-state index contributed by atoms with van der Waals surface area (Å²) in [6, 6.07) is 6.89. The minimum Gasteiger partial charge on any atom is -0.449 e. The third-order valence-electron chi connectivity index (χ3n) is 2.27. The van der Waals surface area contributed by atoms with Crippen LogP contribution in [0.15, 0.2) is 29.1 Å². The van der Waals surface area contributed by atoms with Gasteiger partial charge in [0.15, 0.2) is 0 Å². The molecule has 0 aliphatic heterocycles. The highest BCUT2D eigenvalue weighted by atomic mass is 16.5. The first-order valence-electron chi connectivity index (χ1n) is 5.63. The van der Waals surface area contributed by atoms with Crippen molar-refractivity contribution in [1.82, 2.24) is 9.97 Å². The van der Waals surface area contributed by atoms with Crippen molar-refractivity contribution in [2.45, 2.75) is 13.3 Å². The quantitative estimate of drug-likeness (QED) is 0.867. The Morgan fingerprint density at radius 1 is 1.44 bits per heavy atom. The second-order valence-corrected chi connectivity index (χ2v) is 3.69. The Morgan fingerprint density at radius 3 is 3.00 bits per heavy atom. The molecule has 0 spiro atoms. The maximum atomic E-state index is 11.7. The Balaban J connectivity index is 2.24. The van der Waals surface area contributed by atoms with Crippen molar-refractivity contribution < 1.29 is 9.53 Å². The average Bonchev–Trinajstić information content (AvgIpc) is 2.36. The Labute approximate surface area is 103 Å². The molecule has 2 aromatic rings. The molecule has 0 saturated carbocycles. The van der Waals surface area contributed by atoms with Gasteiger partial charge in [-0.3, -0.25) is 15.1 Å². The number of aromatic amines is 1. The second kappa shape index (κ2) is 5.31. The van der Waals surface area contributed by atoms with Gasteiger partial charge in [0.05, 0.1) is 17.5 Å². The number of rotatable bonds is 3. The number of amides is 1. The average molecular weight is 247 g/mol. The molecule has 18 heavy (non-hydrogen) atoms. The summed E-state index contributed by atoms with van der Waals surface area (Å²) in [5, 5.41) is 2.86. The minimum absolute atomic E-state index is 0.0832. The first kappa shape index (κ1) is 12.1. The van der Waals surface area contributed by atoms with Gasteiger partial charge >= 0.3 is 6.09 Å². The second-order valence-electron chi connectivity index (χ2n) is 3.69. The maximum Gasteiger partial charge on any atom is 0.413 e. The molecule has 0 aliphatic carbocycles. The van der Waals surface area contributed by atoms with E-state index < -0.39 is 6.09 Å². The molecule has 0 unspecified atom stereocenters. The van der Waals surface area contributed by atoms with Crippen LogP contribution in [0.5, 0.6) is 0 Å². The van der Waals surface area contributed by atoms with Gasteiger partial charge in [-0.15, -0.1) is 0 Å². The van der Waals surface area contributed by atoms with Crippen LogP contribution in [0, 0.1) is 0 Å². The number of carbonyl (C=O) groups is 1. The predicted molar refractivity (Wildman–Crippen MR) is 67.6 cm³/mol. The standard InChI is InChI=1S/C12H13N3O3/c1-2-7-18-12(17)15-11-13-9-6-4-3-5-8(9)10(16)14-11/h3-6H,2,7H2,1H3,(H2,13,14,15,16,17). The van der Waals surface area contributed by atoms with Crippen LogP contribution in [-0.2, 0) is 4.74 Å². The number of anilines is 1. The highest BCUT2D eigenvalue weighted by Crippen LogP contribution is 2.07. The molecule has 1 aromatic carbocycles. The van der Waals surface area contributed by atoms with Gasteiger partial charge in [0.1, 0.15) is 0 Å². The summed E-state index contributed by atoms with van der Waals surface area (Å²) in [5.41, 5.74) is 0.221. The fourth-order valence-corrected chi connectivity index (χ4v) is 1.47. The van der Waals surface area contributed by atoms with E-state index in [4.69, 9.17) is 4.74 Å². The molecule has 0 saturated heterocycles. The monoisotopic (exact) mass is 247 g/mol. The molecule has 6 nitrogen and oxygen atoms in total. The van der Waals surface area contributed by atoms with Crippen LogP contribution in [0.25, 0.3) is 10.9 Å². The Kier molecular flexibility index (Phi) is 3.57. The van der Waals surface area contributed by atoms with Crippen molar-refractivity contribution in [3.05, 3.63) is 34.6 Å². The Morgan fingerprint density at radius 2 is 2.22 bits per heavy atom. The molecule has 1 amide bonds. The summed E-state index contributed by atoms with van der Waals surface area (Å²) in [7, 11) is 0. The molecule has 2 rings (SSSR count). The number of fused-ring (bicyclic) bond motifs is 1. The SMILES string of the molecule is CCCOC(=O)Nc1nc2ccccc2c(=O)[nH]1. The first-order chi connectivity index (χ1) is 8.70. The van der Waals surface area contributed by atoms with Crippen LogP contribution in [0.2, 0.25) is 0 Å². The third kappa shape index (κ3) is 2.65. The normalized spacial score (nSPS) is 10.3. The van der Waals surface area contributed by atoms with Crippen molar-refractivity contribution in [2.24, 2.45) is 0 Å². The molecule has 94 valence electrons. The predicted octanol–water partition coefficient (Wildman–Crippen LogP) is 1.88. The number of ether oxygens (including phenoxy) is 1. The van der Waals surface area contributed by atoms with E-state index in [1.165, 1.54) is 0 Å². The van der Waals surface area contributed by atoms with Crippen LogP contribution in [0.3, 0.4) is 0 Å². The lowest BCUT2D eigenvalue weighted by atomic mass is 10.2. The summed E-state index contributed by atoms with van der Waals surface area (Å²) in [6.07, 6.45) is 0.102. The highest BCUT2D eigenvalue weighted by molar-refractivity contribution is 5.84. The molecule has 1 aromatic heterocycles. The molecule has 0 atom stereocenters. The smallest absolute Gasteiger partial charge is 0.413 e. The van der Waals surface area contributed by atoms with Gasteiger partial charge in [-0.2, -0.15) is 0 Å².